The van der Waals surface area contributed by atoms with Crippen LogP contribution >= 0.6 is 0 Å². The predicted molar refractivity (Wildman–Crippen MR) is 43.9 cm³/mol. The van der Waals surface area contributed by atoms with Gasteiger partial charge in [0.15, 0.2) is 0 Å². The Balaban J connectivity index is 2.84. The molecule has 0 unspecified atom stereocenters. The van der Waals surface area contributed by atoms with Gasteiger partial charge in [0.1, 0.15) is 5.84 Å². The highest BCUT2D eigenvalue weighted by atomic mass is 16.5. The minimum Gasteiger partial charge on any atom is -0.293 e. The first kappa shape index (κ1) is 8.49. The number of rotatable bonds is 0. The number of nitrogens with zero attached hydrogens (tertiary/aromatic N) is 2. The number of likely N-dealkylation sites (N-methyl/N-ethyl adjacent to an activating group) is 1. The summed E-state index contributed by atoms with van der Waals surface area (Å²) in [5.41, 5.74) is 1.96. The van der Waals surface area contributed by atoms with Crippen LogP contribution in [-0.4, -0.2) is 41.6 Å². The van der Waals surface area contributed by atoms with E-state index in [1.807, 2.05) is 20.9 Å². The van der Waals surface area contributed by atoms with Crippen molar-refractivity contribution < 1.29 is 5.21 Å². The summed E-state index contributed by atoms with van der Waals surface area (Å²) in [7, 11) is 2.02. The number of nitrogens with one attached hydrogen (secondary N) is 1. The van der Waals surface area contributed by atoms with Gasteiger partial charge in [-0.05, 0) is 20.9 Å². The van der Waals surface area contributed by atoms with Gasteiger partial charge < -0.3 is 0 Å². The van der Waals surface area contributed by atoms with E-state index >= 15 is 0 Å². The average Bonchev–Trinajstić information content (AvgIpc) is 1.95. The Labute approximate surface area is 66.9 Å². The fourth-order valence-corrected chi connectivity index (χ4v) is 1.14. The maximum Gasteiger partial charge on any atom is 0.140 e. The maximum atomic E-state index is 8.74. The fraction of sp³-hybridized carbons (Fsp3) is 0.857. The molecule has 0 atom stereocenters. The quantitative estimate of drug-likeness (QED) is 0.490. The smallest absolute Gasteiger partial charge is 0.140 e. The third-order valence-corrected chi connectivity index (χ3v) is 2.35. The first-order valence-corrected chi connectivity index (χ1v) is 3.75. The van der Waals surface area contributed by atoms with Crippen molar-refractivity contribution in [2.45, 2.75) is 19.4 Å². The lowest BCUT2D eigenvalue weighted by Crippen LogP contribution is -2.56. The van der Waals surface area contributed by atoms with Gasteiger partial charge in [0.25, 0.3) is 0 Å². The number of amidine groups is 1. The number of hydrogen-bond donors (Lipinski definition) is 2. The van der Waals surface area contributed by atoms with Gasteiger partial charge >= 0.3 is 0 Å². The number of hydrogen-bond acceptors (Lipinski definition) is 4. The lowest BCUT2D eigenvalue weighted by molar-refractivity contribution is 0.169. The first-order valence-electron chi connectivity index (χ1n) is 3.75. The molecular weight excluding hydrogens is 142 g/mol. The third kappa shape index (κ3) is 1.36. The molecule has 11 heavy (non-hydrogen) atoms. The van der Waals surface area contributed by atoms with Crippen LogP contribution in [0.3, 0.4) is 0 Å². The Kier molecular flexibility index (Phi) is 2.15. The SMILES string of the molecule is CN1CCN=C(NO)C1(C)C. The summed E-state index contributed by atoms with van der Waals surface area (Å²) in [5, 5.41) is 8.74. The van der Waals surface area contributed by atoms with Crippen LogP contribution in [0.1, 0.15) is 13.8 Å². The zero-order valence-corrected chi connectivity index (χ0v) is 7.26. The van der Waals surface area contributed by atoms with Crippen molar-refractivity contribution in [3.63, 3.8) is 0 Å². The highest BCUT2D eigenvalue weighted by Gasteiger charge is 2.31. The number of hydroxylamine groups is 1. The molecule has 0 aromatic carbocycles. The van der Waals surface area contributed by atoms with Gasteiger partial charge in [0.05, 0.1) is 12.1 Å². The second kappa shape index (κ2) is 2.79. The molecule has 0 aromatic heterocycles. The molecule has 1 aliphatic heterocycles. The summed E-state index contributed by atoms with van der Waals surface area (Å²) in [6, 6.07) is 0. The Hall–Kier alpha value is -0.610. The van der Waals surface area contributed by atoms with E-state index in [0.717, 1.165) is 13.1 Å². The topological polar surface area (TPSA) is 47.9 Å². The van der Waals surface area contributed by atoms with Crippen LogP contribution in [0.4, 0.5) is 0 Å². The lowest BCUT2D eigenvalue weighted by Gasteiger charge is -2.38. The molecule has 0 saturated heterocycles. The highest BCUT2D eigenvalue weighted by Crippen LogP contribution is 2.16. The van der Waals surface area contributed by atoms with Crippen molar-refractivity contribution in [3.8, 4) is 0 Å². The monoisotopic (exact) mass is 157 g/mol. The summed E-state index contributed by atoms with van der Waals surface area (Å²) >= 11 is 0. The molecular formula is C7H15N3O. The molecule has 1 rings (SSSR count). The minimum absolute atomic E-state index is 0.174. The molecule has 0 saturated carbocycles. The van der Waals surface area contributed by atoms with E-state index in [2.05, 4.69) is 15.4 Å². The molecule has 0 aliphatic carbocycles. The van der Waals surface area contributed by atoms with E-state index in [1.165, 1.54) is 0 Å². The van der Waals surface area contributed by atoms with Gasteiger partial charge in [-0.2, -0.15) is 0 Å². The Morgan fingerprint density at radius 2 is 2.27 bits per heavy atom. The molecule has 1 heterocycles. The molecule has 0 radical (unpaired) electrons. The van der Waals surface area contributed by atoms with Crippen LogP contribution in [0.15, 0.2) is 4.99 Å². The van der Waals surface area contributed by atoms with Crippen LogP contribution in [0.2, 0.25) is 0 Å². The van der Waals surface area contributed by atoms with Crippen LogP contribution < -0.4 is 5.48 Å². The zero-order valence-electron chi connectivity index (χ0n) is 7.26. The lowest BCUT2D eigenvalue weighted by atomic mass is 10.0. The highest BCUT2D eigenvalue weighted by molar-refractivity contribution is 5.90. The van der Waals surface area contributed by atoms with Crippen molar-refractivity contribution in [3.05, 3.63) is 0 Å². The molecule has 1 aliphatic rings. The minimum atomic E-state index is -0.174. The Morgan fingerprint density at radius 1 is 1.64 bits per heavy atom. The van der Waals surface area contributed by atoms with E-state index in [1.54, 1.807) is 0 Å². The van der Waals surface area contributed by atoms with E-state index < -0.39 is 0 Å². The van der Waals surface area contributed by atoms with E-state index in [4.69, 9.17) is 5.21 Å². The van der Waals surface area contributed by atoms with Crippen molar-refractivity contribution >= 4 is 5.84 Å². The van der Waals surface area contributed by atoms with Crippen LogP contribution in [0, 0.1) is 0 Å². The molecule has 0 bridgehead atoms. The van der Waals surface area contributed by atoms with Gasteiger partial charge in [-0.3, -0.25) is 20.6 Å². The zero-order chi connectivity index (χ0) is 8.48. The fourth-order valence-electron chi connectivity index (χ4n) is 1.14. The van der Waals surface area contributed by atoms with E-state index in [0.29, 0.717) is 5.84 Å². The number of aliphatic imine (C=N–C) groups is 1. The maximum absolute atomic E-state index is 8.74. The summed E-state index contributed by atoms with van der Waals surface area (Å²) in [6.07, 6.45) is 0. The van der Waals surface area contributed by atoms with Crippen molar-refractivity contribution in [2.75, 3.05) is 20.1 Å². The standard InChI is InChI=1S/C7H15N3O/c1-7(2)6(9-11)8-4-5-10(7)3/h11H,4-5H2,1-3H3,(H,8,9). The Morgan fingerprint density at radius 3 is 2.73 bits per heavy atom. The van der Waals surface area contributed by atoms with Crippen molar-refractivity contribution in [2.24, 2.45) is 4.99 Å². The molecule has 0 amide bonds. The molecule has 64 valence electrons. The summed E-state index contributed by atoms with van der Waals surface area (Å²) in [4.78, 5) is 6.32. The van der Waals surface area contributed by atoms with Gasteiger partial charge in [-0.25, -0.2) is 0 Å². The van der Waals surface area contributed by atoms with Gasteiger partial charge in [-0.15, -0.1) is 0 Å². The molecule has 2 N–H and O–H groups in total. The van der Waals surface area contributed by atoms with Crippen LogP contribution in [-0.2, 0) is 0 Å². The predicted octanol–water partition coefficient (Wildman–Crippen LogP) is 0.0877. The summed E-state index contributed by atoms with van der Waals surface area (Å²) in [5.74, 6) is 0.645. The molecule has 0 fully saturated rings. The second-order valence-corrected chi connectivity index (χ2v) is 3.32. The Bertz CT molecular complexity index is 177. The molecule has 4 nitrogen and oxygen atoms in total. The van der Waals surface area contributed by atoms with Crippen molar-refractivity contribution in [1.29, 1.82) is 0 Å². The average molecular weight is 157 g/mol. The van der Waals surface area contributed by atoms with Crippen LogP contribution in [0.5, 0.6) is 0 Å². The summed E-state index contributed by atoms with van der Waals surface area (Å²) < 4.78 is 0. The third-order valence-electron chi connectivity index (χ3n) is 2.35. The normalized spacial score (nSPS) is 24.5. The van der Waals surface area contributed by atoms with Gasteiger partial charge in [0, 0.05) is 6.54 Å². The van der Waals surface area contributed by atoms with E-state index in [9.17, 15) is 0 Å². The van der Waals surface area contributed by atoms with Crippen LogP contribution in [0.25, 0.3) is 0 Å². The first-order chi connectivity index (χ1) is 5.09. The van der Waals surface area contributed by atoms with Crippen molar-refractivity contribution in [1.82, 2.24) is 10.4 Å². The second-order valence-electron chi connectivity index (χ2n) is 3.32. The molecule has 0 aromatic rings. The van der Waals surface area contributed by atoms with Gasteiger partial charge in [0.2, 0.25) is 0 Å². The molecule has 0 spiro atoms. The van der Waals surface area contributed by atoms with E-state index in [-0.39, 0.29) is 5.54 Å². The largest absolute Gasteiger partial charge is 0.293 e. The van der Waals surface area contributed by atoms with Gasteiger partial charge in [-0.1, -0.05) is 0 Å². The summed E-state index contributed by atoms with van der Waals surface area (Å²) in [6.45, 7) is 5.74. The molecule has 4 heteroatoms.